The smallest absolute Gasteiger partial charge is 0.138 e. The van der Waals surface area contributed by atoms with Gasteiger partial charge in [-0.25, -0.2) is 9.67 Å². The Labute approximate surface area is 118 Å². The molecule has 0 aliphatic carbocycles. The predicted molar refractivity (Wildman–Crippen MR) is 77.2 cm³/mol. The van der Waals surface area contributed by atoms with Crippen LogP contribution >= 0.6 is 11.6 Å². The number of nitrogens with zero attached hydrogens (tertiary/aromatic N) is 3. The molecule has 0 spiro atoms. The van der Waals surface area contributed by atoms with Crippen LogP contribution in [-0.2, 0) is 6.42 Å². The fourth-order valence-electron chi connectivity index (χ4n) is 2.21. The molecule has 0 amide bonds. The summed E-state index contributed by atoms with van der Waals surface area (Å²) in [5.74, 6) is 0.914. The fourth-order valence-corrected chi connectivity index (χ4v) is 2.44. The van der Waals surface area contributed by atoms with Gasteiger partial charge in [0.05, 0.1) is 0 Å². The Hall–Kier alpha value is -1.39. The van der Waals surface area contributed by atoms with Gasteiger partial charge in [-0.15, -0.1) is 0 Å². The van der Waals surface area contributed by atoms with Gasteiger partial charge < -0.3 is 5.73 Å². The van der Waals surface area contributed by atoms with Crippen molar-refractivity contribution in [3.63, 3.8) is 0 Å². The van der Waals surface area contributed by atoms with Crippen molar-refractivity contribution in [1.29, 1.82) is 0 Å². The SMILES string of the molecule is Cc1cc(Cl)ccc1C(N)Cc1ncnn1C(C)C. The second kappa shape index (κ2) is 5.72. The van der Waals surface area contributed by atoms with Crippen molar-refractivity contribution in [3.05, 3.63) is 46.5 Å². The lowest BCUT2D eigenvalue weighted by Gasteiger charge is -2.16. The van der Waals surface area contributed by atoms with E-state index >= 15 is 0 Å². The summed E-state index contributed by atoms with van der Waals surface area (Å²) >= 11 is 5.96. The maximum atomic E-state index is 6.28. The van der Waals surface area contributed by atoms with E-state index < -0.39 is 0 Å². The quantitative estimate of drug-likeness (QED) is 0.935. The van der Waals surface area contributed by atoms with E-state index in [4.69, 9.17) is 17.3 Å². The maximum Gasteiger partial charge on any atom is 0.138 e. The third kappa shape index (κ3) is 3.14. The normalized spacial score (nSPS) is 12.9. The minimum absolute atomic E-state index is 0.0982. The monoisotopic (exact) mass is 278 g/mol. The van der Waals surface area contributed by atoms with E-state index in [1.165, 1.54) is 0 Å². The largest absolute Gasteiger partial charge is 0.324 e. The van der Waals surface area contributed by atoms with Gasteiger partial charge in [0.2, 0.25) is 0 Å². The first-order valence-corrected chi connectivity index (χ1v) is 6.77. The molecule has 19 heavy (non-hydrogen) atoms. The van der Waals surface area contributed by atoms with Gasteiger partial charge in [-0.1, -0.05) is 17.7 Å². The molecule has 2 rings (SSSR count). The summed E-state index contributed by atoms with van der Waals surface area (Å²) in [6, 6.07) is 5.98. The van der Waals surface area contributed by atoms with E-state index in [-0.39, 0.29) is 12.1 Å². The Morgan fingerprint density at radius 1 is 1.37 bits per heavy atom. The van der Waals surface area contributed by atoms with Gasteiger partial charge in [-0.3, -0.25) is 0 Å². The van der Waals surface area contributed by atoms with Gasteiger partial charge in [0, 0.05) is 23.5 Å². The Balaban J connectivity index is 2.21. The minimum Gasteiger partial charge on any atom is -0.324 e. The maximum absolute atomic E-state index is 6.28. The number of benzene rings is 1. The van der Waals surface area contributed by atoms with Crippen LogP contribution in [-0.4, -0.2) is 14.8 Å². The van der Waals surface area contributed by atoms with E-state index in [9.17, 15) is 0 Å². The van der Waals surface area contributed by atoms with E-state index in [2.05, 4.69) is 23.9 Å². The van der Waals surface area contributed by atoms with Crippen LogP contribution in [0.15, 0.2) is 24.5 Å². The van der Waals surface area contributed by atoms with Crippen LogP contribution in [0.3, 0.4) is 0 Å². The molecule has 1 atom stereocenters. The second-order valence-electron chi connectivity index (χ2n) is 5.03. The zero-order valence-electron chi connectivity index (χ0n) is 11.5. The van der Waals surface area contributed by atoms with Crippen molar-refractivity contribution in [2.75, 3.05) is 0 Å². The average molecular weight is 279 g/mol. The third-order valence-corrected chi connectivity index (χ3v) is 3.41. The molecule has 0 bridgehead atoms. The number of aryl methyl sites for hydroxylation is 1. The zero-order valence-corrected chi connectivity index (χ0v) is 12.2. The van der Waals surface area contributed by atoms with Crippen molar-refractivity contribution in [3.8, 4) is 0 Å². The van der Waals surface area contributed by atoms with Crippen LogP contribution in [0.4, 0.5) is 0 Å². The predicted octanol–water partition coefficient (Wildman–Crippen LogP) is 3.06. The molecule has 1 aromatic carbocycles. The molecule has 1 unspecified atom stereocenters. The minimum atomic E-state index is -0.0982. The summed E-state index contributed by atoms with van der Waals surface area (Å²) in [5.41, 5.74) is 8.49. The van der Waals surface area contributed by atoms with E-state index in [1.807, 2.05) is 29.8 Å². The lowest BCUT2D eigenvalue weighted by Crippen LogP contribution is -2.18. The van der Waals surface area contributed by atoms with Crippen LogP contribution in [0.2, 0.25) is 5.02 Å². The van der Waals surface area contributed by atoms with Crippen molar-refractivity contribution in [2.24, 2.45) is 5.73 Å². The standard InChI is InChI=1S/C14H19ClN4/c1-9(2)19-14(17-8-18-19)7-13(16)12-5-4-11(15)6-10(12)3/h4-6,8-9,13H,7,16H2,1-3H3. The number of rotatable bonds is 4. The molecule has 2 N–H and O–H groups in total. The molecule has 0 saturated heterocycles. The molecule has 2 aromatic rings. The molecule has 4 nitrogen and oxygen atoms in total. The molecule has 0 aliphatic heterocycles. The molecule has 1 heterocycles. The molecule has 0 fully saturated rings. The van der Waals surface area contributed by atoms with Crippen molar-refractivity contribution >= 4 is 11.6 Å². The molecule has 5 heteroatoms. The first kappa shape index (κ1) is 14.0. The Bertz CT molecular complexity index is 562. The number of hydrogen-bond acceptors (Lipinski definition) is 3. The Morgan fingerprint density at radius 2 is 2.11 bits per heavy atom. The summed E-state index contributed by atoms with van der Waals surface area (Å²) in [7, 11) is 0. The van der Waals surface area contributed by atoms with Gasteiger partial charge in [0.15, 0.2) is 0 Å². The molecule has 102 valence electrons. The first-order valence-electron chi connectivity index (χ1n) is 6.39. The molecule has 0 radical (unpaired) electrons. The molecule has 0 aliphatic rings. The van der Waals surface area contributed by atoms with E-state index in [1.54, 1.807) is 6.33 Å². The topological polar surface area (TPSA) is 56.7 Å². The third-order valence-electron chi connectivity index (χ3n) is 3.17. The molecule has 1 aromatic heterocycles. The number of aromatic nitrogens is 3. The van der Waals surface area contributed by atoms with Gasteiger partial charge in [-0.05, 0) is 44.0 Å². The number of nitrogens with two attached hydrogens (primary N) is 1. The van der Waals surface area contributed by atoms with Gasteiger partial charge >= 0.3 is 0 Å². The summed E-state index contributed by atoms with van der Waals surface area (Å²) < 4.78 is 1.91. The van der Waals surface area contributed by atoms with Crippen molar-refractivity contribution in [1.82, 2.24) is 14.8 Å². The van der Waals surface area contributed by atoms with Crippen LogP contribution < -0.4 is 5.73 Å². The van der Waals surface area contributed by atoms with Gasteiger partial charge in [0.1, 0.15) is 12.2 Å². The number of hydrogen-bond donors (Lipinski definition) is 1. The highest BCUT2D eigenvalue weighted by Gasteiger charge is 2.15. The highest BCUT2D eigenvalue weighted by molar-refractivity contribution is 6.30. The molecular weight excluding hydrogens is 260 g/mol. The van der Waals surface area contributed by atoms with Gasteiger partial charge in [-0.2, -0.15) is 5.10 Å². The average Bonchev–Trinajstić information content (AvgIpc) is 2.76. The van der Waals surface area contributed by atoms with Crippen LogP contribution in [0.25, 0.3) is 0 Å². The fraction of sp³-hybridized carbons (Fsp3) is 0.429. The van der Waals surface area contributed by atoms with Crippen LogP contribution in [0.1, 0.15) is 42.9 Å². The Kier molecular flexibility index (Phi) is 4.22. The Morgan fingerprint density at radius 3 is 2.74 bits per heavy atom. The lowest BCUT2D eigenvalue weighted by atomic mass is 9.99. The van der Waals surface area contributed by atoms with Crippen LogP contribution in [0.5, 0.6) is 0 Å². The summed E-state index contributed by atoms with van der Waals surface area (Å²) in [6.07, 6.45) is 2.25. The summed E-state index contributed by atoms with van der Waals surface area (Å²) in [6.45, 7) is 6.18. The van der Waals surface area contributed by atoms with Crippen molar-refractivity contribution < 1.29 is 0 Å². The summed E-state index contributed by atoms with van der Waals surface area (Å²) in [5, 5.41) is 4.96. The van der Waals surface area contributed by atoms with E-state index in [0.29, 0.717) is 6.42 Å². The highest BCUT2D eigenvalue weighted by atomic mass is 35.5. The lowest BCUT2D eigenvalue weighted by molar-refractivity contribution is 0.493. The first-order chi connectivity index (χ1) is 8.99. The van der Waals surface area contributed by atoms with Crippen LogP contribution in [0, 0.1) is 6.92 Å². The van der Waals surface area contributed by atoms with Crippen molar-refractivity contribution in [2.45, 2.75) is 39.3 Å². The molecule has 0 saturated carbocycles. The number of halogens is 1. The highest BCUT2D eigenvalue weighted by Crippen LogP contribution is 2.22. The van der Waals surface area contributed by atoms with E-state index in [0.717, 1.165) is 22.0 Å². The molecular formula is C14H19ClN4. The zero-order chi connectivity index (χ0) is 14.0. The summed E-state index contributed by atoms with van der Waals surface area (Å²) in [4.78, 5) is 4.30. The second-order valence-corrected chi connectivity index (χ2v) is 5.46. The van der Waals surface area contributed by atoms with Gasteiger partial charge in [0.25, 0.3) is 0 Å².